The quantitative estimate of drug-likeness (QED) is 0.734. The molecule has 1 aliphatic rings. The van der Waals surface area contributed by atoms with Crippen LogP contribution in [0.1, 0.15) is 5.69 Å². The third-order valence-electron chi connectivity index (χ3n) is 2.45. The van der Waals surface area contributed by atoms with Gasteiger partial charge in [-0.1, -0.05) is 11.6 Å². The third-order valence-corrected chi connectivity index (χ3v) is 4.34. The molecule has 2 rings (SSSR count). The highest BCUT2D eigenvalue weighted by atomic mass is 35.5. The molecule has 16 heavy (non-hydrogen) atoms. The average molecular weight is 280 g/mol. The van der Waals surface area contributed by atoms with E-state index in [2.05, 4.69) is 9.97 Å². The summed E-state index contributed by atoms with van der Waals surface area (Å²) in [5.74, 6) is 1.95. The van der Waals surface area contributed by atoms with Crippen molar-refractivity contribution in [1.82, 2.24) is 9.97 Å². The lowest BCUT2D eigenvalue weighted by Crippen LogP contribution is -2.38. The normalized spacial score (nSPS) is 17.8. The fourth-order valence-electron chi connectivity index (χ4n) is 1.57. The predicted molar refractivity (Wildman–Crippen MR) is 66.9 cm³/mol. The molecule has 1 saturated heterocycles. The van der Waals surface area contributed by atoms with Crippen LogP contribution in [0.25, 0.3) is 0 Å². The fraction of sp³-hybridized carbons (Fsp3) is 0.556. The molecule has 0 radical (unpaired) electrons. The van der Waals surface area contributed by atoms with Crippen LogP contribution >= 0.6 is 23.2 Å². The van der Waals surface area contributed by atoms with Crippen molar-refractivity contribution in [2.24, 2.45) is 0 Å². The molecule has 0 bridgehead atoms. The van der Waals surface area contributed by atoms with Crippen LogP contribution < -0.4 is 4.90 Å². The Kier molecular flexibility index (Phi) is 3.66. The fourth-order valence-corrected chi connectivity index (χ4v) is 3.03. The van der Waals surface area contributed by atoms with Crippen molar-refractivity contribution in [2.75, 3.05) is 29.5 Å². The van der Waals surface area contributed by atoms with E-state index >= 15 is 0 Å². The van der Waals surface area contributed by atoms with Crippen LogP contribution in [0.3, 0.4) is 0 Å². The Morgan fingerprint density at radius 2 is 1.88 bits per heavy atom. The zero-order valence-corrected chi connectivity index (χ0v) is 11.1. The van der Waals surface area contributed by atoms with E-state index in [1.54, 1.807) is 6.92 Å². The molecule has 0 saturated carbocycles. The molecule has 4 nitrogen and oxygen atoms in total. The highest BCUT2D eigenvalue weighted by molar-refractivity contribution is 7.85. The monoisotopic (exact) mass is 279 g/mol. The van der Waals surface area contributed by atoms with Crippen molar-refractivity contribution in [3.8, 4) is 0 Å². The van der Waals surface area contributed by atoms with E-state index in [1.807, 2.05) is 4.90 Å². The Hall–Kier alpha value is -0.390. The number of hydrogen-bond donors (Lipinski definition) is 0. The summed E-state index contributed by atoms with van der Waals surface area (Å²) in [5, 5.41) is 0.723. The van der Waals surface area contributed by atoms with Gasteiger partial charge in [0.1, 0.15) is 5.02 Å². The van der Waals surface area contributed by atoms with Gasteiger partial charge in [0.25, 0.3) is 0 Å². The summed E-state index contributed by atoms with van der Waals surface area (Å²) in [6, 6.07) is 0. The molecule has 0 aliphatic carbocycles. The maximum Gasteiger partial charge on any atom is 0.224 e. The molecule has 1 aliphatic heterocycles. The summed E-state index contributed by atoms with van der Waals surface area (Å²) in [7, 11) is -0.713. The zero-order valence-electron chi connectivity index (χ0n) is 8.74. The maximum atomic E-state index is 11.3. The highest BCUT2D eigenvalue weighted by Gasteiger charge is 2.20. The zero-order chi connectivity index (χ0) is 11.7. The van der Waals surface area contributed by atoms with Gasteiger partial charge in [-0.05, 0) is 18.5 Å². The van der Waals surface area contributed by atoms with Gasteiger partial charge < -0.3 is 4.90 Å². The number of anilines is 1. The van der Waals surface area contributed by atoms with Gasteiger partial charge in [0, 0.05) is 35.4 Å². The first-order valence-corrected chi connectivity index (χ1v) is 7.12. The number of hydrogen-bond acceptors (Lipinski definition) is 4. The summed E-state index contributed by atoms with van der Waals surface area (Å²) in [5.41, 5.74) is 0.670. The first kappa shape index (κ1) is 12.1. The van der Waals surface area contributed by atoms with Crippen LogP contribution in [-0.4, -0.2) is 38.8 Å². The van der Waals surface area contributed by atoms with E-state index in [0.717, 1.165) is 0 Å². The molecule has 1 aromatic heterocycles. The minimum atomic E-state index is -0.713. The lowest BCUT2D eigenvalue weighted by molar-refractivity contribution is 0.672. The first-order valence-electron chi connectivity index (χ1n) is 4.87. The van der Waals surface area contributed by atoms with E-state index in [-0.39, 0.29) is 5.28 Å². The number of aryl methyl sites for hydroxylation is 1. The van der Waals surface area contributed by atoms with E-state index in [1.165, 1.54) is 0 Å². The molecule has 2 heterocycles. The minimum Gasteiger partial charge on any atom is -0.353 e. The summed E-state index contributed by atoms with van der Waals surface area (Å²) in [6.45, 7) is 3.18. The van der Waals surface area contributed by atoms with Gasteiger partial charge in [-0.15, -0.1) is 0 Å². The molecule has 1 aromatic rings. The standard InChI is InChI=1S/C9H11Cl2N3OS/c1-6-7(10)8(13-9(11)12-6)14-2-4-16(15)5-3-14/h2-5H2,1H3. The van der Waals surface area contributed by atoms with Gasteiger partial charge in [-0.2, -0.15) is 4.98 Å². The van der Waals surface area contributed by atoms with Gasteiger partial charge in [-0.25, -0.2) is 4.98 Å². The summed E-state index contributed by atoms with van der Waals surface area (Å²) < 4.78 is 11.3. The van der Waals surface area contributed by atoms with E-state index in [0.29, 0.717) is 41.1 Å². The summed E-state index contributed by atoms with van der Waals surface area (Å²) in [4.78, 5) is 10.1. The molecule has 7 heteroatoms. The van der Waals surface area contributed by atoms with Crippen LogP contribution in [-0.2, 0) is 10.8 Å². The Balaban J connectivity index is 2.29. The van der Waals surface area contributed by atoms with Gasteiger partial charge in [0.15, 0.2) is 5.82 Å². The lowest BCUT2D eigenvalue weighted by Gasteiger charge is -2.28. The average Bonchev–Trinajstić information content (AvgIpc) is 2.25. The Morgan fingerprint density at radius 3 is 2.50 bits per heavy atom. The van der Waals surface area contributed by atoms with Crippen molar-refractivity contribution in [1.29, 1.82) is 0 Å². The smallest absolute Gasteiger partial charge is 0.224 e. The van der Waals surface area contributed by atoms with E-state index in [9.17, 15) is 4.21 Å². The first-order chi connectivity index (χ1) is 7.58. The van der Waals surface area contributed by atoms with Gasteiger partial charge >= 0.3 is 0 Å². The molecule has 0 unspecified atom stereocenters. The Morgan fingerprint density at radius 1 is 1.25 bits per heavy atom. The highest BCUT2D eigenvalue weighted by Crippen LogP contribution is 2.27. The Labute approximate surface area is 106 Å². The maximum absolute atomic E-state index is 11.3. The van der Waals surface area contributed by atoms with Crippen LogP contribution in [0.2, 0.25) is 10.3 Å². The molecule has 88 valence electrons. The number of halogens is 2. The second-order valence-corrected chi connectivity index (χ2v) is 5.96. The van der Waals surface area contributed by atoms with E-state index < -0.39 is 10.8 Å². The Bertz CT molecular complexity index is 431. The van der Waals surface area contributed by atoms with Gasteiger partial charge in [-0.3, -0.25) is 4.21 Å². The molecular formula is C9H11Cl2N3OS. The van der Waals surface area contributed by atoms with Crippen molar-refractivity contribution >= 4 is 39.8 Å². The molecular weight excluding hydrogens is 269 g/mol. The number of rotatable bonds is 1. The van der Waals surface area contributed by atoms with Gasteiger partial charge in [0.2, 0.25) is 5.28 Å². The van der Waals surface area contributed by atoms with Crippen molar-refractivity contribution in [3.63, 3.8) is 0 Å². The predicted octanol–water partition coefficient (Wildman–Crippen LogP) is 1.66. The van der Waals surface area contributed by atoms with Crippen molar-refractivity contribution < 1.29 is 4.21 Å². The van der Waals surface area contributed by atoms with Gasteiger partial charge in [0.05, 0.1) is 5.69 Å². The molecule has 0 spiro atoms. The summed E-state index contributed by atoms with van der Waals surface area (Å²) >= 11 is 11.9. The van der Waals surface area contributed by atoms with Crippen LogP contribution in [0.4, 0.5) is 5.82 Å². The molecule has 1 fully saturated rings. The number of nitrogens with zero attached hydrogens (tertiary/aromatic N) is 3. The molecule has 0 amide bonds. The second kappa shape index (κ2) is 4.85. The van der Waals surface area contributed by atoms with Crippen LogP contribution in [0, 0.1) is 6.92 Å². The SMILES string of the molecule is Cc1nc(Cl)nc(N2CCS(=O)CC2)c1Cl. The topological polar surface area (TPSA) is 46.1 Å². The van der Waals surface area contributed by atoms with Crippen LogP contribution in [0.15, 0.2) is 0 Å². The van der Waals surface area contributed by atoms with Crippen molar-refractivity contribution in [3.05, 3.63) is 16.0 Å². The molecule has 0 N–H and O–H groups in total. The van der Waals surface area contributed by atoms with E-state index in [4.69, 9.17) is 23.2 Å². The third kappa shape index (κ3) is 2.47. The molecule has 0 atom stereocenters. The van der Waals surface area contributed by atoms with Crippen LogP contribution in [0.5, 0.6) is 0 Å². The molecule has 0 aromatic carbocycles. The summed E-state index contributed by atoms with van der Waals surface area (Å²) in [6.07, 6.45) is 0. The second-order valence-electron chi connectivity index (χ2n) is 3.55. The van der Waals surface area contributed by atoms with Crippen molar-refractivity contribution in [2.45, 2.75) is 6.92 Å². The lowest BCUT2D eigenvalue weighted by atomic mass is 10.4. The largest absolute Gasteiger partial charge is 0.353 e. The minimum absolute atomic E-state index is 0.198. The number of aromatic nitrogens is 2.